The van der Waals surface area contributed by atoms with Gasteiger partial charge in [0.15, 0.2) is 0 Å². The van der Waals surface area contributed by atoms with E-state index in [1.54, 1.807) is 7.05 Å². The molecule has 1 atom stereocenters. The maximum absolute atomic E-state index is 12.4. The summed E-state index contributed by atoms with van der Waals surface area (Å²) in [6, 6.07) is -0.0477. The minimum absolute atomic E-state index is 0.0477. The summed E-state index contributed by atoms with van der Waals surface area (Å²) in [5.74, 6) is 0.471. The second kappa shape index (κ2) is 8.32. The molecule has 0 aliphatic rings. The monoisotopic (exact) mass is 299 g/mol. The molecule has 0 saturated heterocycles. The second-order valence-corrected chi connectivity index (χ2v) is 7.05. The molecule has 0 aliphatic carbocycles. The van der Waals surface area contributed by atoms with Crippen LogP contribution < -0.4 is 0 Å². The van der Waals surface area contributed by atoms with Crippen LogP contribution in [-0.2, 0) is 10.2 Å². The highest BCUT2D eigenvalue weighted by atomic mass is 35.5. The molecule has 0 rings (SSSR count). The van der Waals surface area contributed by atoms with E-state index in [1.807, 2.05) is 32.8 Å². The zero-order valence-electron chi connectivity index (χ0n) is 12.1. The van der Waals surface area contributed by atoms with Gasteiger partial charge in [0, 0.05) is 38.6 Å². The van der Waals surface area contributed by atoms with Crippen molar-refractivity contribution in [3.8, 4) is 0 Å². The normalized spacial score (nSPS) is 14.7. The van der Waals surface area contributed by atoms with Crippen LogP contribution in [0.1, 0.15) is 20.3 Å². The summed E-state index contributed by atoms with van der Waals surface area (Å²) in [6.45, 7) is 5.42. The second-order valence-electron chi connectivity index (χ2n) is 4.69. The SMILES string of the molecule is CCN(C(C)CN(C)C)S(=O)(=O)N(C)CCCCl. The summed E-state index contributed by atoms with van der Waals surface area (Å²) in [5.41, 5.74) is 0. The van der Waals surface area contributed by atoms with E-state index in [4.69, 9.17) is 11.6 Å². The third kappa shape index (κ3) is 5.40. The smallest absolute Gasteiger partial charge is 0.282 e. The van der Waals surface area contributed by atoms with Crippen LogP contribution in [0.15, 0.2) is 0 Å². The molecule has 18 heavy (non-hydrogen) atoms. The Hall–Kier alpha value is 0.120. The molecule has 0 N–H and O–H groups in total. The molecule has 0 radical (unpaired) electrons. The van der Waals surface area contributed by atoms with Gasteiger partial charge in [-0.05, 0) is 27.4 Å². The number of hydrogen-bond acceptors (Lipinski definition) is 3. The number of likely N-dealkylation sites (N-methyl/N-ethyl adjacent to an activating group) is 2. The molecule has 0 fully saturated rings. The molecular formula is C11H26ClN3O2S. The Morgan fingerprint density at radius 3 is 2.17 bits per heavy atom. The highest BCUT2D eigenvalue weighted by Crippen LogP contribution is 2.12. The van der Waals surface area contributed by atoms with Crippen molar-refractivity contribution < 1.29 is 8.42 Å². The fraction of sp³-hybridized carbons (Fsp3) is 1.00. The summed E-state index contributed by atoms with van der Waals surface area (Å²) < 4.78 is 27.7. The highest BCUT2D eigenvalue weighted by molar-refractivity contribution is 7.86. The Bertz CT molecular complexity index is 322. The summed E-state index contributed by atoms with van der Waals surface area (Å²) in [4.78, 5) is 1.99. The molecule has 0 aliphatic heterocycles. The molecule has 0 saturated carbocycles. The van der Waals surface area contributed by atoms with Gasteiger partial charge < -0.3 is 4.90 Å². The quantitative estimate of drug-likeness (QED) is 0.598. The fourth-order valence-electron chi connectivity index (χ4n) is 1.90. The molecule has 0 aromatic rings. The van der Waals surface area contributed by atoms with Gasteiger partial charge in [-0.2, -0.15) is 17.0 Å². The lowest BCUT2D eigenvalue weighted by Crippen LogP contribution is -2.49. The molecule has 0 spiro atoms. The lowest BCUT2D eigenvalue weighted by Gasteiger charge is -2.32. The molecular weight excluding hydrogens is 274 g/mol. The van der Waals surface area contributed by atoms with E-state index in [9.17, 15) is 8.42 Å². The first-order valence-electron chi connectivity index (χ1n) is 6.21. The average molecular weight is 300 g/mol. The van der Waals surface area contributed by atoms with Gasteiger partial charge in [-0.25, -0.2) is 0 Å². The summed E-state index contributed by atoms with van der Waals surface area (Å²) in [5, 5.41) is 0. The van der Waals surface area contributed by atoms with Crippen LogP contribution in [0, 0.1) is 0 Å². The van der Waals surface area contributed by atoms with Gasteiger partial charge in [-0.15, -0.1) is 11.6 Å². The van der Waals surface area contributed by atoms with Crippen molar-refractivity contribution in [1.82, 2.24) is 13.5 Å². The van der Waals surface area contributed by atoms with Crippen molar-refractivity contribution >= 4 is 21.8 Å². The lowest BCUT2D eigenvalue weighted by atomic mass is 10.3. The van der Waals surface area contributed by atoms with Crippen molar-refractivity contribution in [1.29, 1.82) is 0 Å². The van der Waals surface area contributed by atoms with Crippen molar-refractivity contribution in [3.05, 3.63) is 0 Å². The Balaban J connectivity index is 4.80. The molecule has 7 heteroatoms. The minimum Gasteiger partial charge on any atom is -0.308 e. The lowest BCUT2D eigenvalue weighted by molar-refractivity contribution is 0.257. The van der Waals surface area contributed by atoms with Gasteiger partial charge in [-0.1, -0.05) is 6.92 Å². The van der Waals surface area contributed by atoms with Crippen LogP contribution in [0.3, 0.4) is 0 Å². The van der Waals surface area contributed by atoms with Crippen molar-refractivity contribution in [2.45, 2.75) is 26.3 Å². The van der Waals surface area contributed by atoms with E-state index in [2.05, 4.69) is 0 Å². The average Bonchev–Trinajstić information content (AvgIpc) is 2.25. The van der Waals surface area contributed by atoms with E-state index in [0.717, 1.165) is 0 Å². The van der Waals surface area contributed by atoms with E-state index < -0.39 is 10.2 Å². The first kappa shape index (κ1) is 18.1. The Labute approximate surface area is 117 Å². The molecule has 0 bridgehead atoms. The third-order valence-corrected chi connectivity index (χ3v) is 5.18. The van der Waals surface area contributed by atoms with Gasteiger partial charge in [0.05, 0.1) is 0 Å². The van der Waals surface area contributed by atoms with Crippen LogP contribution in [0.5, 0.6) is 0 Å². The zero-order valence-corrected chi connectivity index (χ0v) is 13.6. The third-order valence-electron chi connectivity index (χ3n) is 2.73. The molecule has 0 aromatic heterocycles. The van der Waals surface area contributed by atoms with E-state index >= 15 is 0 Å². The maximum atomic E-state index is 12.4. The van der Waals surface area contributed by atoms with Gasteiger partial charge >= 0.3 is 0 Å². The predicted molar refractivity (Wildman–Crippen MR) is 77.3 cm³/mol. The Morgan fingerprint density at radius 1 is 1.22 bits per heavy atom. The first-order chi connectivity index (χ1) is 8.27. The Morgan fingerprint density at radius 2 is 1.78 bits per heavy atom. The molecule has 0 heterocycles. The van der Waals surface area contributed by atoms with E-state index in [-0.39, 0.29) is 6.04 Å². The number of alkyl halides is 1. The highest BCUT2D eigenvalue weighted by Gasteiger charge is 2.29. The van der Waals surface area contributed by atoms with Crippen LogP contribution in [0.2, 0.25) is 0 Å². The first-order valence-corrected chi connectivity index (χ1v) is 8.14. The molecule has 110 valence electrons. The van der Waals surface area contributed by atoms with Gasteiger partial charge in [0.25, 0.3) is 10.2 Å². The molecule has 5 nitrogen and oxygen atoms in total. The molecule has 0 amide bonds. The fourth-order valence-corrected chi connectivity index (χ4v) is 3.58. The summed E-state index contributed by atoms with van der Waals surface area (Å²) in [7, 11) is 2.09. The topological polar surface area (TPSA) is 43.9 Å². The maximum Gasteiger partial charge on any atom is 0.282 e. The van der Waals surface area contributed by atoms with Crippen LogP contribution in [-0.4, -0.2) is 74.6 Å². The number of rotatable bonds is 9. The van der Waals surface area contributed by atoms with Gasteiger partial charge in [0.2, 0.25) is 0 Å². The van der Waals surface area contributed by atoms with E-state index in [1.165, 1.54) is 8.61 Å². The van der Waals surface area contributed by atoms with Crippen LogP contribution in [0.25, 0.3) is 0 Å². The summed E-state index contributed by atoms with van der Waals surface area (Å²) >= 11 is 5.60. The van der Waals surface area contributed by atoms with Crippen molar-refractivity contribution in [3.63, 3.8) is 0 Å². The number of hydrogen-bond donors (Lipinski definition) is 0. The molecule has 0 aromatic carbocycles. The van der Waals surface area contributed by atoms with Gasteiger partial charge in [-0.3, -0.25) is 0 Å². The predicted octanol–water partition coefficient (Wildman–Crippen LogP) is 1.06. The number of nitrogens with zero attached hydrogens (tertiary/aromatic N) is 3. The summed E-state index contributed by atoms with van der Waals surface area (Å²) in [6.07, 6.45) is 0.664. The van der Waals surface area contributed by atoms with Crippen LogP contribution in [0.4, 0.5) is 0 Å². The van der Waals surface area contributed by atoms with E-state index in [0.29, 0.717) is 31.9 Å². The molecule has 1 unspecified atom stereocenters. The number of halogens is 1. The largest absolute Gasteiger partial charge is 0.308 e. The van der Waals surface area contributed by atoms with Crippen molar-refractivity contribution in [2.24, 2.45) is 0 Å². The zero-order chi connectivity index (χ0) is 14.3. The minimum atomic E-state index is -3.39. The van der Waals surface area contributed by atoms with Crippen LogP contribution >= 0.6 is 11.6 Å². The Kier molecular flexibility index (Phi) is 8.38. The van der Waals surface area contributed by atoms with Gasteiger partial charge in [0.1, 0.15) is 0 Å². The standard InChI is InChI=1S/C11H26ClN3O2S/c1-6-15(11(2)10-13(3)4)18(16,17)14(5)9-7-8-12/h11H,6-10H2,1-5H3. The van der Waals surface area contributed by atoms with Crippen molar-refractivity contribution in [2.75, 3.05) is 46.7 Å².